The molecule has 4 aromatic rings. The van der Waals surface area contributed by atoms with Crippen molar-refractivity contribution in [2.45, 2.75) is 19.8 Å². The van der Waals surface area contributed by atoms with Crippen LogP contribution in [0.3, 0.4) is 0 Å². The zero-order valence-electron chi connectivity index (χ0n) is 18.4. The summed E-state index contributed by atoms with van der Waals surface area (Å²) in [5, 5.41) is 7.76. The van der Waals surface area contributed by atoms with Crippen molar-refractivity contribution in [2.75, 3.05) is 18.8 Å². The summed E-state index contributed by atoms with van der Waals surface area (Å²) < 4.78 is 1.60. The first-order valence-corrected chi connectivity index (χ1v) is 11.2. The third kappa shape index (κ3) is 3.37. The monoisotopic (exact) mass is 436 g/mol. The second kappa shape index (κ2) is 7.56. The van der Waals surface area contributed by atoms with Gasteiger partial charge in [-0.25, -0.2) is 9.67 Å². The van der Waals surface area contributed by atoms with Crippen LogP contribution in [0.2, 0.25) is 0 Å². The fourth-order valence-electron chi connectivity index (χ4n) is 4.73. The standard InChI is InChI=1S/C26H24N6O/c1-15-30-23-5-4-21(13-24(23)31-15)32-26(27)22(14-29-32)25(33)20-11-18-3-2-17(10-19(18)12-20)16-6-8-28-9-7-16/h2-6,10,12-14,28H,7-9,11,27H2,1H3,(H,30,31). The summed E-state index contributed by atoms with van der Waals surface area (Å²) in [5.74, 6) is 1.11. The topological polar surface area (TPSA) is 102 Å². The van der Waals surface area contributed by atoms with Gasteiger partial charge in [-0.3, -0.25) is 4.79 Å². The predicted molar refractivity (Wildman–Crippen MR) is 130 cm³/mol. The summed E-state index contributed by atoms with van der Waals surface area (Å²) in [6.45, 7) is 3.82. The predicted octanol–water partition coefficient (Wildman–Crippen LogP) is 3.84. The van der Waals surface area contributed by atoms with Crippen LogP contribution >= 0.6 is 0 Å². The van der Waals surface area contributed by atoms with Gasteiger partial charge in [-0.1, -0.05) is 18.2 Å². The maximum Gasteiger partial charge on any atom is 0.194 e. The van der Waals surface area contributed by atoms with E-state index in [-0.39, 0.29) is 5.78 Å². The number of ketones is 1. The molecular weight excluding hydrogens is 412 g/mol. The molecule has 7 heteroatoms. The SMILES string of the molecule is Cc1nc2ccc(-n3ncc(C(=O)C4=Cc5cc(C6=CCNCC6)ccc5C4)c3N)cc2[nH]1. The van der Waals surface area contributed by atoms with Gasteiger partial charge in [0.05, 0.1) is 28.5 Å². The quantitative estimate of drug-likeness (QED) is 0.422. The van der Waals surface area contributed by atoms with Crippen molar-refractivity contribution in [3.63, 3.8) is 0 Å². The Morgan fingerprint density at radius 1 is 1.18 bits per heavy atom. The van der Waals surface area contributed by atoms with Crippen molar-refractivity contribution in [1.82, 2.24) is 25.1 Å². The fourth-order valence-corrected chi connectivity index (χ4v) is 4.73. The molecule has 0 saturated heterocycles. The molecule has 6 rings (SSSR count). The van der Waals surface area contributed by atoms with Gasteiger partial charge in [0.2, 0.25) is 0 Å². The Labute approximate surface area is 191 Å². The van der Waals surface area contributed by atoms with Gasteiger partial charge in [-0.2, -0.15) is 5.10 Å². The lowest BCUT2D eigenvalue weighted by atomic mass is 9.96. The molecule has 1 aliphatic carbocycles. The average molecular weight is 437 g/mol. The number of nitrogen functional groups attached to an aromatic ring is 1. The second-order valence-corrected chi connectivity index (χ2v) is 8.65. The van der Waals surface area contributed by atoms with Crippen molar-refractivity contribution in [1.29, 1.82) is 0 Å². The number of aromatic nitrogens is 4. The number of Topliss-reactive ketones (excluding diaryl/α,β-unsaturated/α-hetero) is 1. The number of carbonyl (C=O) groups excluding carboxylic acids is 1. The Bertz CT molecular complexity index is 1490. The smallest absolute Gasteiger partial charge is 0.194 e. The molecular formula is C26H24N6O. The molecule has 0 spiro atoms. The summed E-state index contributed by atoms with van der Waals surface area (Å²) in [7, 11) is 0. The number of allylic oxidation sites excluding steroid dienone is 1. The van der Waals surface area contributed by atoms with Crippen LogP contribution in [0.5, 0.6) is 0 Å². The van der Waals surface area contributed by atoms with E-state index in [0.717, 1.165) is 53.2 Å². The van der Waals surface area contributed by atoms with E-state index in [2.05, 4.69) is 44.7 Å². The number of fused-ring (bicyclic) bond motifs is 2. The number of hydrogen-bond donors (Lipinski definition) is 3. The first-order valence-electron chi connectivity index (χ1n) is 11.2. The van der Waals surface area contributed by atoms with Crippen molar-refractivity contribution in [2.24, 2.45) is 0 Å². The summed E-state index contributed by atoms with van der Waals surface area (Å²) in [4.78, 5) is 21.0. The van der Waals surface area contributed by atoms with Crippen molar-refractivity contribution < 1.29 is 4.79 Å². The number of hydrogen-bond acceptors (Lipinski definition) is 5. The number of nitrogens with two attached hydrogens (primary N) is 1. The minimum absolute atomic E-state index is 0.0731. The van der Waals surface area contributed by atoms with Crippen molar-refractivity contribution in [3.05, 3.63) is 82.3 Å². The van der Waals surface area contributed by atoms with E-state index >= 15 is 0 Å². The number of benzene rings is 2. The molecule has 0 fully saturated rings. The van der Waals surface area contributed by atoms with E-state index in [1.807, 2.05) is 31.2 Å². The molecule has 0 saturated carbocycles. The summed E-state index contributed by atoms with van der Waals surface area (Å²) in [5.41, 5.74) is 15.0. The Morgan fingerprint density at radius 2 is 2.09 bits per heavy atom. The lowest BCUT2D eigenvalue weighted by Gasteiger charge is -2.15. The molecule has 2 aromatic carbocycles. The van der Waals surface area contributed by atoms with Crippen LogP contribution in [0.25, 0.3) is 28.4 Å². The highest BCUT2D eigenvalue weighted by atomic mass is 16.1. The number of imidazole rings is 1. The van der Waals surface area contributed by atoms with Gasteiger partial charge in [0.15, 0.2) is 5.78 Å². The van der Waals surface area contributed by atoms with E-state index in [4.69, 9.17) is 5.73 Å². The molecule has 0 bridgehead atoms. The Kier molecular flexibility index (Phi) is 4.52. The summed E-state index contributed by atoms with van der Waals surface area (Å²) in [6.07, 6.45) is 7.44. The highest BCUT2D eigenvalue weighted by molar-refractivity contribution is 6.15. The molecule has 0 radical (unpaired) electrons. The number of nitrogens with one attached hydrogen (secondary N) is 2. The highest BCUT2D eigenvalue weighted by Crippen LogP contribution is 2.32. The molecule has 4 N–H and O–H groups in total. The molecule has 0 amide bonds. The van der Waals surface area contributed by atoms with Gasteiger partial charge in [0.1, 0.15) is 11.6 Å². The number of anilines is 1. The number of H-pyrrole nitrogens is 1. The zero-order valence-corrected chi connectivity index (χ0v) is 18.4. The molecule has 2 aliphatic rings. The largest absolute Gasteiger partial charge is 0.383 e. The van der Waals surface area contributed by atoms with Crippen LogP contribution in [0.1, 0.15) is 39.3 Å². The molecule has 2 aromatic heterocycles. The van der Waals surface area contributed by atoms with Gasteiger partial charge in [0.25, 0.3) is 0 Å². The van der Waals surface area contributed by atoms with Gasteiger partial charge < -0.3 is 16.0 Å². The van der Waals surface area contributed by atoms with E-state index in [9.17, 15) is 4.79 Å². The third-order valence-electron chi connectivity index (χ3n) is 6.46. The van der Waals surface area contributed by atoms with Gasteiger partial charge in [0, 0.05) is 18.5 Å². The molecule has 3 heterocycles. The summed E-state index contributed by atoms with van der Waals surface area (Å²) >= 11 is 0. The van der Waals surface area contributed by atoms with E-state index < -0.39 is 0 Å². The number of aromatic amines is 1. The fraction of sp³-hybridized carbons (Fsp3) is 0.192. The molecule has 1 aliphatic heterocycles. The normalized spacial score (nSPS) is 15.4. The molecule has 33 heavy (non-hydrogen) atoms. The number of carbonyl (C=O) groups is 1. The van der Waals surface area contributed by atoms with Gasteiger partial charge >= 0.3 is 0 Å². The lowest BCUT2D eigenvalue weighted by Crippen LogP contribution is -2.20. The first kappa shape index (κ1) is 19.7. The number of aryl methyl sites for hydroxylation is 1. The Hall–Kier alpha value is -3.97. The van der Waals surface area contributed by atoms with E-state index in [0.29, 0.717) is 17.8 Å². The minimum Gasteiger partial charge on any atom is -0.383 e. The molecule has 0 atom stereocenters. The van der Waals surface area contributed by atoms with E-state index in [1.54, 1.807) is 10.9 Å². The second-order valence-electron chi connectivity index (χ2n) is 8.65. The van der Waals surface area contributed by atoms with Crippen LogP contribution in [-0.4, -0.2) is 38.6 Å². The van der Waals surface area contributed by atoms with Crippen LogP contribution in [0.4, 0.5) is 5.82 Å². The Balaban J connectivity index is 1.29. The maximum atomic E-state index is 13.3. The molecule has 0 unspecified atom stereocenters. The summed E-state index contributed by atoms with van der Waals surface area (Å²) in [6, 6.07) is 12.3. The highest BCUT2D eigenvalue weighted by Gasteiger charge is 2.24. The zero-order chi connectivity index (χ0) is 22.5. The first-order chi connectivity index (χ1) is 16.1. The Morgan fingerprint density at radius 3 is 2.94 bits per heavy atom. The minimum atomic E-state index is -0.0731. The van der Waals surface area contributed by atoms with Gasteiger partial charge in [-0.05, 0) is 72.5 Å². The van der Waals surface area contributed by atoms with Crippen LogP contribution in [-0.2, 0) is 6.42 Å². The maximum absolute atomic E-state index is 13.3. The van der Waals surface area contributed by atoms with Crippen molar-refractivity contribution >= 4 is 34.3 Å². The van der Waals surface area contributed by atoms with E-state index in [1.165, 1.54) is 16.7 Å². The lowest BCUT2D eigenvalue weighted by molar-refractivity contribution is 0.103. The average Bonchev–Trinajstić information content (AvgIpc) is 3.53. The molecule has 164 valence electrons. The third-order valence-corrected chi connectivity index (χ3v) is 6.46. The molecule has 7 nitrogen and oxygen atoms in total. The van der Waals surface area contributed by atoms with Crippen LogP contribution in [0.15, 0.2) is 54.2 Å². The number of rotatable bonds is 4. The van der Waals surface area contributed by atoms with Crippen LogP contribution in [0, 0.1) is 6.92 Å². The van der Waals surface area contributed by atoms with Crippen LogP contribution < -0.4 is 11.1 Å². The number of nitrogens with zero attached hydrogens (tertiary/aromatic N) is 3. The van der Waals surface area contributed by atoms with Crippen molar-refractivity contribution in [3.8, 4) is 5.69 Å². The van der Waals surface area contributed by atoms with Gasteiger partial charge in [-0.15, -0.1) is 0 Å².